The second-order valence-electron chi connectivity index (χ2n) is 10.6. The van der Waals surface area contributed by atoms with Crippen LogP contribution < -0.4 is 4.74 Å². The van der Waals surface area contributed by atoms with Crippen LogP contribution in [0.5, 0.6) is 5.75 Å². The van der Waals surface area contributed by atoms with Crippen LogP contribution in [0.25, 0.3) is 0 Å². The van der Waals surface area contributed by atoms with Crippen molar-refractivity contribution in [2.75, 3.05) is 13.2 Å². The third-order valence-electron chi connectivity index (χ3n) is 6.81. The van der Waals surface area contributed by atoms with Gasteiger partial charge in [0, 0.05) is 37.9 Å². The lowest BCUT2D eigenvalue weighted by atomic mass is 9.83. The molecule has 1 aliphatic carbocycles. The zero-order valence-corrected chi connectivity index (χ0v) is 22.7. The Hall–Kier alpha value is -1.83. The molecule has 0 amide bonds. The molecular formula is C26H38N2O3SSi. The van der Waals surface area contributed by atoms with Gasteiger partial charge in [-0.25, -0.2) is 4.98 Å². The van der Waals surface area contributed by atoms with Crippen LogP contribution in [0.2, 0.25) is 18.1 Å². The first-order chi connectivity index (χ1) is 15.5. The molecule has 1 unspecified atom stereocenters. The normalized spacial score (nSPS) is 19.1. The maximum absolute atomic E-state index is 13.0. The number of ketones is 1. The first-order valence-electron chi connectivity index (χ1n) is 11.7. The zero-order chi connectivity index (χ0) is 24.1. The van der Waals surface area contributed by atoms with Gasteiger partial charge in [-0.1, -0.05) is 45.0 Å². The van der Waals surface area contributed by atoms with E-state index in [-0.39, 0.29) is 16.2 Å². The molecule has 0 bridgehead atoms. The van der Waals surface area contributed by atoms with Crippen LogP contribution in [0.3, 0.4) is 0 Å². The predicted molar refractivity (Wildman–Crippen MR) is 138 cm³/mol. The zero-order valence-electron chi connectivity index (χ0n) is 20.9. The van der Waals surface area contributed by atoms with Gasteiger partial charge in [0.15, 0.2) is 19.3 Å². The van der Waals surface area contributed by atoms with Crippen molar-refractivity contribution in [3.05, 3.63) is 53.7 Å². The van der Waals surface area contributed by atoms with Crippen molar-refractivity contribution in [2.45, 2.75) is 69.7 Å². The number of imidazole rings is 1. The van der Waals surface area contributed by atoms with Gasteiger partial charge >= 0.3 is 0 Å². The van der Waals surface area contributed by atoms with Gasteiger partial charge in [0.1, 0.15) is 5.75 Å². The predicted octanol–water partition coefficient (Wildman–Crippen LogP) is 6.63. The first kappa shape index (κ1) is 25.8. The fourth-order valence-corrected chi connectivity index (χ4v) is 5.69. The summed E-state index contributed by atoms with van der Waals surface area (Å²) in [4.78, 5) is 18.2. The van der Waals surface area contributed by atoms with E-state index >= 15 is 0 Å². The Bertz CT molecular complexity index is 965. The van der Waals surface area contributed by atoms with Crippen LogP contribution in [-0.4, -0.2) is 36.9 Å². The lowest BCUT2D eigenvalue weighted by Crippen LogP contribution is -2.43. The minimum atomic E-state index is -1.92. The van der Waals surface area contributed by atoms with E-state index in [1.807, 2.05) is 48.1 Å². The summed E-state index contributed by atoms with van der Waals surface area (Å²) in [6.45, 7) is 12.6. The summed E-state index contributed by atoms with van der Waals surface area (Å²) in [5.41, 5.74) is -0.257. The maximum Gasteiger partial charge on any atom is 0.192 e. The fourth-order valence-electron chi connectivity index (χ4n) is 3.60. The molecule has 180 valence electrons. The summed E-state index contributed by atoms with van der Waals surface area (Å²) in [6, 6.07) is 9.92. The number of unbranched alkanes of at least 4 members (excludes halogenated alkanes) is 1. The molecule has 3 rings (SSSR count). The molecule has 2 aromatic rings. The number of nitrogens with zero attached hydrogens (tertiary/aromatic N) is 2. The number of hydrogen-bond acceptors (Lipinski definition) is 5. The summed E-state index contributed by atoms with van der Waals surface area (Å²) in [7, 11) is 0.0315. The number of carbonyl (C=O) groups excluding carboxylic acids is 1. The first-order valence-corrected chi connectivity index (χ1v) is 15.5. The molecule has 0 N–H and O–H groups in total. The number of hydrogen-bond donors (Lipinski definition) is 0. The third-order valence-corrected chi connectivity index (χ3v) is 12.4. The van der Waals surface area contributed by atoms with Gasteiger partial charge in [-0.15, -0.1) is 0 Å². The molecule has 0 saturated carbocycles. The minimum absolute atomic E-state index is 0.134. The molecule has 5 nitrogen and oxygen atoms in total. The lowest BCUT2D eigenvalue weighted by Gasteiger charge is -2.39. The van der Waals surface area contributed by atoms with Crippen LogP contribution >= 0.6 is 11.8 Å². The fraction of sp³-hybridized carbons (Fsp3) is 0.538. The largest absolute Gasteiger partial charge is 0.494 e. The lowest BCUT2D eigenvalue weighted by molar-refractivity contribution is -0.115. The number of aryl methyl sites for hydroxylation is 1. The molecule has 0 saturated heterocycles. The summed E-state index contributed by atoms with van der Waals surface area (Å²) in [6.07, 6.45) is 9.20. The van der Waals surface area contributed by atoms with E-state index in [9.17, 15) is 4.79 Å². The number of thioether (sulfide) groups is 1. The number of benzene rings is 1. The number of ether oxygens (including phenoxy) is 1. The Morgan fingerprint density at radius 1 is 1.18 bits per heavy atom. The molecule has 7 heteroatoms. The number of Topliss-reactive ketones (excluding diaryl/α,β-unsaturated/α-hetero) is 1. The van der Waals surface area contributed by atoms with Gasteiger partial charge in [0.25, 0.3) is 0 Å². The van der Waals surface area contributed by atoms with Crippen LogP contribution in [0.4, 0.5) is 0 Å². The molecule has 1 aromatic carbocycles. The number of allylic oxidation sites excluding steroid dienone is 1. The van der Waals surface area contributed by atoms with Crippen LogP contribution in [0.15, 0.2) is 58.9 Å². The number of carbonyl (C=O) groups is 1. The summed E-state index contributed by atoms with van der Waals surface area (Å²) < 4.78 is 14.5. The second kappa shape index (κ2) is 10.6. The molecule has 1 aromatic heterocycles. The molecular weight excluding hydrogens is 448 g/mol. The van der Waals surface area contributed by atoms with Crippen molar-refractivity contribution < 1.29 is 14.0 Å². The van der Waals surface area contributed by atoms with Crippen molar-refractivity contribution in [1.82, 2.24) is 9.55 Å². The highest BCUT2D eigenvalue weighted by Gasteiger charge is 2.43. The molecule has 0 radical (unpaired) electrons. The molecule has 1 atom stereocenters. The van der Waals surface area contributed by atoms with Gasteiger partial charge in [-0.05, 0) is 61.3 Å². The highest BCUT2D eigenvalue weighted by Crippen LogP contribution is 2.46. The Kier molecular flexibility index (Phi) is 8.29. The van der Waals surface area contributed by atoms with Gasteiger partial charge in [-0.2, -0.15) is 0 Å². The van der Waals surface area contributed by atoms with Gasteiger partial charge < -0.3 is 13.7 Å². The SMILES string of the molecule is Cn1ccnc1SC1=CC(CCCCOc2ccccc2)(CO[Si](C)(C)C(C)(C)C)CC1=O. The van der Waals surface area contributed by atoms with E-state index < -0.39 is 8.32 Å². The molecule has 0 spiro atoms. The third kappa shape index (κ3) is 6.84. The van der Waals surface area contributed by atoms with Crippen molar-refractivity contribution in [1.29, 1.82) is 0 Å². The Balaban J connectivity index is 1.68. The Morgan fingerprint density at radius 2 is 1.91 bits per heavy atom. The Labute approximate surface area is 204 Å². The minimum Gasteiger partial charge on any atom is -0.494 e. The molecule has 0 aliphatic heterocycles. The topological polar surface area (TPSA) is 53.4 Å². The van der Waals surface area contributed by atoms with E-state index in [4.69, 9.17) is 9.16 Å². The Morgan fingerprint density at radius 3 is 2.55 bits per heavy atom. The van der Waals surface area contributed by atoms with Crippen LogP contribution in [0.1, 0.15) is 46.5 Å². The molecule has 1 aliphatic rings. The molecule has 33 heavy (non-hydrogen) atoms. The van der Waals surface area contributed by atoms with E-state index in [2.05, 4.69) is 44.9 Å². The van der Waals surface area contributed by atoms with Crippen molar-refractivity contribution in [3.8, 4) is 5.75 Å². The van der Waals surface area contributed by atoms with Crippen LogP contribution in [0, 0.1) is 5.41 Å². The van der Waals surface area contributed by atoms with Gasteiger partial charge in [-0.3, -0.25) is 4.79 Å². The second-order valence-corrected chi connectivity index (χ2v) is 16.4. The van der Waals surface area contributed by atoms with Crippen LogP contribution in [-0.2, 0) is 16.3 Å². The highest BCUT2D eigenvalue weighted by molar-refractivity contribution is 8.03. The highest BCUT2D eigenvalue weighted by atomic mass is 32.2. The van der Waals surface area contributed by atoms with E-state index in [0.29, 0.717) is 19.6 Å². The number of rotatable bonds is 11. The number of para-hydroxylation sites is 1. The number of aromatic nitrogens is 2. The maximum atomic E-state index is 13.0. The van der Waals surface area contributed by atoms with E-state index in [1.165, 1.54) is 11.8 Å². The van der Waals surface area contributed by atoms with Gasteiger partial charge in [0.2, 0.25) is 0 Å². The van der Waals surface area contributed by atoms with Crippen molar-refractivity contribution >= 4 is 25.9 Å². The average molecular weight is 487 g/mol. The van der Waals surface area contributed by atoms with Gasteiger partial charge in [0.05, 0.1) is 11.5 Å². The standard InChI is InChI=1S/C26H38N2O3SSi/c1-25(2,3)33(5,6)31-20-26(14-10-11-17-30-21-12-8-7-9-13-21)18-22(29)23(19-26)32-24-27-15-16-28(24)4/h7-9,12-13,15-16,19H,10-11,14,17-18,20H2,1-6H3. The summed E-state index contributed by atoms with van der Waals surface area (Å²) >= 11 is 1.47. The molecule has 1 heterocycles. The average Bonchev–Trinajstić information content (AvgIpc) is 3.29. The van der Waals surface area contributed by atoms with E-state index in [1.54, 1.807) is 6.20 Å². The monoisotopic (exact) mass is 486 g/mol. The van der Waals surface area contributed by atoms with Crippen molar-refractivity contribution in [3.63, 3.8) is 0 Å². The van der Waals surface area contributed by atoms with Crippen molar-refractivity contribution in [2.24, 2.45) is 12.5 Å². The smallest absolute Gasteiger partial charge is 0.192 e. The summed E-state index contributed by atoms with van der Waals surface area (Å²) in [5.74, 6) is 1.10. The quantitative estimate of drug-likeness (QED) is 0.264. The van der Waals surface area contributed by atoms with E-state index in [0.717, 1.165) is 35.1 Å². The summed E-state index contributed by atoms with van der Waals surface area (Å²) in [5, 5.41) is 0.973. The molecule has 0 fully saturated rings.